The molecule has 156 valence electrons. The molecule has 0 unspecified atom stereocenters. The molecule has 0 aliphatic carbocycles. The molecule has 0 aliphatic rings. The van der Waals surface area contributed by atoms with Crippen LogP contribution in [-0.4, -0.2) is 23.0 Å². The van der Waals surface area contributed by atoms with Gasteiger partial charge in [0, 0.05) is 12.8 Å². The van der Waals surface area contributed by atoms with Gasteiger partial charge in [-0.1, -0.05) is 91.0 Å². The first-order valence-corrected chi connectivity index (χ1v) is 10.1. The first kappa shape index (κ1) is 21.8. The van der Waals surface area contributed by atoms with Gasteiger partial charge in [-0.05, 0) is 23.1 Å². The molecular weight excluding hydrogens is 388 g/mol. The Morgan fingerprint density at radius 1 is 0.839 bits per heavy atom. The van der Waals surface area contributed by atoms with E-state index < -0.39 is 17.4 Å². The highest BCUT2D eigenvalue weighted by Gasteiger charge is 2.39. The topological polar surface area (TPSA) is 90.2 Å². The summed E-state index contributed by atoms with van der Waals surface area (Å²) in [4.78, 5) is 24.8. The minimum absolute atomic E-state index is 0.0291. The summed E-state index contributed by atoms with van der Waals surface area (Å²) in [6.45, 7) is 0. The lowest BCUT2D eigenvalue weighted by Crippen LogP contribution is -2.44. The van der Waals surface area contributed by atoms with Gasteiger partial charge in [0.2, 0.25) is 5.91 Å². The van der Waals surface area contributed by atoms with Crippen molar-refractivity contribution in [3.05, 3.63) is 108 Å². The van der Waals surface area contributed by atoms with E-state index in [-0.39, 0.29) is 25.2 Å². The fourth-order valence-corrected chi connectivity index (χ4v) is 3.93. The Kier molecular flexibility index (Phi) is 7.18. The Morgan fingerprint density at radius 2 is 1.26 bits per heavy atom. The molecule has 0 saturated heterocycles. The molecule has 5 nitrogen and oxygen atoms in total. The van der Waals surface area contributed by atoms with Gasteiger partial charge in [-0.15, -0.1) is 0 Å². The highest BCUT2D eigenvalue weighted by Crippen LogP contribution is 2.42. The van der Waals surface area contributed by atoms with E-state index in [0.29, 0.717) is 0 Å². The second-order valence-electron chi connectivity index (χ2n) is 7.34. The summed E-state index contributed by atoms with van der Waals surface area (Å²) < 4.78 is 0. The number of benzene rings is 3. The number of nitrogens with one attached hydrogen (secondary N) is 1. The second kappa shape index (κ2) is 10.2. The number of carbonyl (C=O) groups excluding carboxylic acids is 1. The Labute approximate surface area is 182 Å². The molecular formula is C26H24N2O3. The molecule has 1 amide bonds. The highest BCUT2D eigenvalue weighted by atomic mass is 16.4. The minimum Gasteiger partial charge on any atom is -0.480 e. The predicted octanol–water partition coefficient (Wildman–Crippen LogP) is 4.28. The maximum absolute atomic E-state index is 13.2. The number of rotatable bonds is 9. The monoisotopic (exact) mass is 412 g/mol. The van der Waals surface area contributed by atoms with E-state index in [4.69, 9.17) is 5.26 Å². The van der Waals surface area contributed by atoms with Gasteiger partial charge >= 0.3 is 5.97 Å². The van der Waals surface area contributed by atoms with Crippen LogP contribution in [0.25, 0.3) is 0 Å². The Hall–Kier alpha value is -3.91. The number of carboxylic acids is 1. The van der Waals surface area contributed by atoms with Crippen molar-refractivity contribution in [2.24, 2.45) is 0 Å². The standard InChI is InChI=1S/C26H24N2O3/c27-18-10-17-23(25(30)31)28-24(29)19-26(20-11-4-1-5-12-20,21-13-6-2-7-14-21)22-15-8-3-9-16-22/h1-9,11-16,23H,10,17,19H2,(H,28,29)(H,30,31)/t23-/m0/s1. The molecule has 0 fully saturated rings. The number of nitrogens with zero attached hydrogens (tertiary/aromatic N) is 1. The molecule has 0 aliphatic heterocycles. The Bertz CT molecular complexity index is 948. The van der Waals surface area contributed by atoms with Crippen molar-refractivity contribution >= 4 is 11.9 Å². The van der Waals surface area contributed by atoms with Crippen molar-refractivity contribution in [1.82, 2.24) is 5.32 Å². The summed E-state index contributed by atoms with van der Waals surface area (Å²) in [6.07, 6.45) is 0.145. The number of nitriles is 1. The van der Waals surface area contributed by atoms with E-state index in [1.807, 2.05) is 97.1 Å². The van der Waals surface area contributed by atoms with E-state index in [0.717, 1.165) is 16.7 Å². The molecule has 0 aromatic heterocycles. The number of hydrogen-bond acceptors (Lipinski definition) is 3. The molecule has 3 aromatic rings. The fourth-order valence-electron chi connectivity index (χ4n) is 3.93. The molecule has 0 heterocycles. The third-order valence-electron chi connectivity index (χ3n) is 5.40. The smallest absolute Gasteiger partial charge is 0.326 e. The van der Waals surface area contributed by atoms with E-state index >= 15 is 0 Å². The van der Waals surface area contributed by atoms with Crippen molar-refractivity contribution in [3.63, 3.8) is 0 Å². The number of hydrogen-bond donors (Lipinski definition) is 2. The Balaban J connectivity index is 2.09. The first-order chi connectivity index (χ1) is 15.1. The quantitative estimate of drug-likeness (QED) is 0.513. The van der Waals surface area contributed by atoms with E-state index in [2.05, 4.69) is 5.32 Å². The van der Waals surface area contributed by atoms with Crippen LogP contribution < -0.4 is 5.32 Å². The largest absolute Gasteiger partial charge is 0.480 e. The van der Waals surface area contributed by atoms with E-state index in [9.17, 15) is 14.7 Å². The first-order valence-electron chi connectivity index (χ1n) is 10.1. The lowest BCUT2D eigenvalue weighted by molar-refractivity contribution is -0.142. The van der Waals surface area contributed by atoms with Gasteiger partial charge in [-0.3, -0.25) is 4.79 Å². The van der Waals surface area contributed by atoms with Gasteiger partial charge in [0.1, 0.15) is 6.04 Å². The zero-order valence-electron chi connectivity index (χ0n) is 17.1. The zero-order chi connectivity index (χ0) is 22.1. The average Bonchev–Trinajstić information content (AvgIpc) is 2.81. The molecule has 3 rings (SSSR count). The zero-order valence-corrected chi connectivity index (χ0v) is 17.1. The van der Waals surface area contributed by atoms with Crippen LogP contribution in [0.1, 0.15) is 36.0 Å². The molecule has 0 radical (unpaired) electrons. The summed E-state index contributed by atoms with van der Waals surface area (Å²) in [6, 6.07) is 30.1. The summed E-state index contributed by atoms with van der Waals surface area (Å²) in [5.74, 6) is -1.53. The maximum Gasteiger partial charge on any atom is 0.326 e. The third-order valence-corrected chi connectivity index (χ3v) is 5.40. The SMILES string of the molecule is N#CCC[C@H](NC(=O)CC(c1ccccc1)(c1ccccc1)c1ccccc1)C(=O)O. The molecule has 0 saturated carbocycles. The second-order valence-corrected chi connectivity index (χ2v) is 7.34. The molecule has 31 heavy (non-hydrogen) atoms. The molecule has 2 N–H and O–H groups in total. The van der Waals surface area contributed by atoms with E-state index in [1.165, 1.54) is 0 Å². The fraction of sp³-hybridized carbons (Fsp3) is 0.192. The van der Waals surface area contributed by atoms with Gasteiger partial charge in [0.25, 0.3) is 0 Å². The van der Waals surface area contributed by atoms with Gasteiger partial charge < -0.3 is 10.4 Å². The molecule has 5 heteroatoms. The summed E-state index contributed by atoms with van der Waals surface area (Å²) in [5, 5.41) is 20.9. The Morgan fingerprint density at radius 3 is 1.61 bits per heavy atom. The molecule has 0 bridgehead atoms. The number of amides is 1. The van der Waals surface area contributed by atoms with Gasteiger partial charge in [0.15, 0.2) is 0 Å². The summed E-state index contributed by atoms with van der Waals surface area (Å²) in [7, 11) is 0. The van der Waals surface area contributed by atoms with Crippen LogP contribution >= 0.6 is 0 Å². The van der Waals surface area contributed by atoms with Crippen LogP contribution in [0.3, 0.4) is 0 Å². The van der Waals surface area contributed by atoms with Crippen LogP contribution in [0.5, 0.6) is 0 Å². The maximum atomic E-state index is 13.2. The normalized spacial score (nSPS) is 11.8. The van der Waals surface area contributed by atoms with Crippen LogP contribution in [0.2, 0.25) is 0 Å². The molecule has 0 spiro atoms. The average molecular weight is 412 g/mol. The van der Waals surface area contributed by atoms with E-state index in [1.54, 1.807) is 0 Å². The lowest BCUT2D eigenvalue weighted by Gasteiger charge is -2.36. The van der Waals surface area contributed by atoms with Gasteiger partial charge in [0.05, 0.1) is 11.5 Å². The van der Waals surface area contributed by atoms with Crippen molar-refractivity contribution in [1.29, 1.82) is 5.26 Å². The van der Waals surface area contributed by atoms with Crippen LogP contribution in [0, 0.1) is 11.3 Å². The van der Waals surface area contributed by atoms with Crippen LogP contribution in [-0.2, 0) is 15.0 Å². The molecule has 3 aromatic carbocycles. The van der Waals surface area contributed by atoms with Gasteiger partial charge in [-0.25, -0.2) is 4.79 Å². The van der Waals surface area contributed by atoms with Crippen LogP contribution in [0.15, 0.2) is 91.0 Å². The lowest BCUT2D eigenvalue weighted by atomic mass is 9.67. The summed E-state index contributed by atoms with van der Waals surface area (Å²) in [5.41, 5.74) is 2.01. The minimum atomic E-state index is -1.15. The van der Waals surface area contributed by atoms with Crippen molar-refractivity contribution in [2.45, 2.75) is 30.7 Å². The third kappa shape index (κ3) is 4.99. The summed E-state index contributed by atoms with van der Waals surface area (Å²) >= 11 is 0. The van der Waals surface area contributed by atoms with Crippen molar-refractivity contribution in [2.75, 3.05) is 0 Å². The highest BCUT2D eigenvalue weighted by molar-refractivity contribution is 5.85. The van der Waals surface area contributed by atoms with Crippen molar-refractivity contribution < 1.29 is 14.7 Å². The van der Waals surface area contributed by atoms with Gasteiger partial charge in [-0.2, -0.15) is 5.26 Å². The number of carbonyl (C=O) groups is 2. The predicted molar refractivity (Wildman–Crippen MR) is 118 cm³/mol. The van der Waals surface area contributed by atoms with Crippen molar-refractivity contribution in [3.8, 4) is 6.07 Å². The number of carboxylic acid groups (broad SMARTS) is 1. The number of aliphatic carboxylic acids is 1. The molecule has 1 atom stereocenters. The van der Waals surface area contributed by atoms with Crippen LogP contribution in [0.4, 0.5) is 0 Å².